The summed E-state index contributed by atoms with van der Waals surface area (Å²) in [7, 11) is 1.74. The molecule has 3 aromatic rings. The second kappa shape index (κ2) is 7.00. The van der Waals surface area contributed by atoms with Gasteiger partial charge >= 0.3 is 0 Å². The molecule has 1 fully saturated rings. The molecule has 0 spiro atoms. The quantitative estimate of drug-likeness (QED) is 0.639. The minimum Gasteiger partial charge on any atom is -0.378 e. The molecule has 5 heterocycles. The number of pyridine rings is 2. The molecule has 29 heavy (non-hydrogen) atoms. The van der Waals surface area contributed by atoms with Crippen LogP contribution in [0.1, 0.15) is 21.7 Å². The number of rotatable bonds is 4. The Bertz CT molecular complexity index is 1110. The maximum Gasteiger partial charge on any atom is 0.274 e. The lowest BCUT2D eigenvalue weighted by molar-refractivity contribution is 0.0779. The maximum absolute atomic E-state index is 13.2. The van der Waals surface area contributed by atoms with Gasteiger partial charge in [0.25, 0.3) is 11.5 Å². The highest BCUT2D eigenvalue weighted by molar-refractivity contribution is 6.03. The standard InChI is InChI=1S/C20H22N6O3/c1-23-12-14-13-25(7-5-15-21-16-4-2-3-6-26(16)22-15)19(27)17(14)18(20(23)28)24-8-10-29-11-9-24/h2-4,6,12H,5,7-11,13H2,1H3. The Hall–Kier alpha value is -3.20. The lowest BCUT2D eigenvalue weighted by Gasteiger charge is -2.29. The largest absolute Gasteiger partial charge is 0.378 e. The van der Waals surface area contributed by atoms with E-state index in [4.69, 9.17) is 4.74 Å². The van der Waals surface area contributed by atoms with Crippen molar-refractivity contribution in [1.82, 2.24) is 24.1 Å². The van der Waals surface area contributed by atoms with Crippen molar-refractivity contribution >= 4 is 17.2 Å². The molecule has 150 valence electrons. The summed E-state index contributed by atoms with van der Waals surface area (Å²) in [6, 6.07) is 5.72. The van der Waals surface area contributed by atoms with E-state index in [1.54, 1.807) is 27.2 Å². The zero-order chi connectivity index (χ0) is 20.0. The predicted molar refractivity (Wildman–Crippen MR) is 106 cm³/mol. The van der Waals surface area contributed by atoms with Crippen molar-refractivity contribution in [2.75, 3.05) is 37.7 Å². The summed E-state index contributed by atoms with van der Waals surface area (Å²) in [5.41, 5.74) is 2.59. The fourth-order valence-corrected chi connectivity index (χ4v) is 4.06. The third-order valence-corrected chi connectivity index (χ3v) is 5.51. The molecule has 0 bridgehead atoms. The van der Waals surface area contributed by atoms with Crippen LogP contribution in [0.5, 0.6) is 0 Å². The van der Waals surface area contributed by atoms with Gasteiger partial charge in [-0.25, -0.2) is 9.50 Å². The third kappa shape index (κ3) is 3.07. The van der Waals surface area contributed by atoms with Gasteiger partial charge in [-0.2, -0.15) is 5.10 Å². The summed E-state index contributed by atoms with van der Waals surface area (Å²) < 4.78 is 8.72. The molecular weight excluding hydrogens is 372 g/mol. The summed E-state index contributed by atoms with van der Waals surface area (Å²) in [5, 5.41) is 4.46. The van der Waals surface area contributed by atoms with Crippen LogP contribution in [0, 0.1) is 0 Å². The van der Waals surface area contributed by atoms with Crippen molar-refractivity contribution in [3.05, 3.63) is 57.9 Å². The molecule has 5 rings (SSSR count). The number of hydrogen-bond acceptors (Lipinski definition) is 6. The van der Waals surface area contributed by atoms with E-state index >= 15 is 0 Å². The molecule has 0 aliphatic carbocycles. The summed E-state index contributed by atoms with van der Waals surface area (Å²) >= 11 is 0. The Morgan fingerprint density at radius 2 is 2.00 bits per heavy atom. The van der Waals surface area contributed by atoms with Gasteiger partial charge in [0.05, 0.1) is 18.8 Å². The van der Waals surface area contributed by atoms with Crippen LogP contribution in [0.2, 0.25) is 0 Å². The first-order valence-electron chi connectivity index (χ1n) is 9.76. The van der Waals surface area contributed by atoms with Crippen LogP contribution < -0.4 is 10.5 Å². The minimum absolute atomic E-state index is 0.0945. The van der Waals surface area contributed by atoms with Crippen molar-refractivity contribution in [3.8, 4) is 0 Å². The second-order valence-electron chi connectivity index (χ2n) is 7.40. The lowest BCUT2D eigenvalue weighted by atomic mass is 10.1. The Balaban J connectivity index is 1.40. The molecule has 2 aliphatic rings. The zero-order valence-electron chi connectivity index (χ0n) is 16.2. The van der Waals surface area contributed by atoms with Gasteiger partial charge in [-0.15, -0.1) is 0 Å². The van der Waals surface area contributed by atoms with Gasteiger partial charge in [-0.3, -0.25) is 9.59 Å². The summed E-state index contributed by atoms with van der Waals surface area (Å²) in [4.78, 5) is 34.3. The fourth-order valence-electron chi connectivity index (χ4n) is 4.06. The van der Waals surface area contributed by atoms with E-state index in [0.29, 0.717) is 62.9 Å². The number of hydrogen-bond donors (Lipinski definition) is 0. The van der Waals surface area contributed by atoms with E-state index in [1.165, 1.54) is 0 Å². The predicted octanol–water partition coefficient (Wildman–Crippen LogP) is 0.463. The highest BCUT2D eigenvalue weighted by Crippen LogP contribution is 2.29. The number of morpholine rings is 1. The van der Waals surface area contributed by atoms with Crippen LogP contribution in [0.25, 0.3) is 5.65 Å². The molecule has 0 N–H and O–H groups in total. The SMILES string of the molecule is Cn1cc2c(c(N3CCOCC3)c1=O)C(=O)N(CCc1nc3ccccn3n1)C2. The monoisotopic (exact) mass is 394 g/mol. The summed E-state index contributed by atoms with van der Waals surface area (Å²) in [6.45, 7) is 3.35. The first-order valence-corrected chi connectivity index (χ1v) is 9.76. The molecule has 0 saturated carbocycles. The van der Waals surface area contributed by atoms with E-state index in [1.807, 2.05) is 29.3 Å². The number of ether oxygens (including phenoxy) is 1. The summed E-state index contributed by atoms with van der Waals surface area (Å²) in [6.07, 6.45) is 4.19. The van der Waals surface area contributed by atoms with E-state index < -0.39 is 0 Å². The number of aromatic nitrogens is 4. The molecular formula is C20H22N6O3. The minimum atomic E-state index is -0.136. The molecule has 9 heteroatoms. The average molecular weight is 394 g/mol. The Labute approximate surface area is 167 Å². The van der Waals surface area contributed by atoms with Crippen LogP contribution >= 0.6 is 0 Å². The normalized spacial score (nSPS) is 16.7. The second-order valence-corrected chi connectivity index (χ2v) is 7.40. The first kappa shape index (κ1) is 17.9. The maximum atomic E-state index is 13.2. The van der Waals surface area contributed by atoms with E-state index in [-0.39, 0.29) is 11.5 Å². The van der Waals surface area contributed by atoms with Crippen molar-refractivity contribution in [2.45, 2.75) is 13.0 Å². The first-order chi connectivity index (χ1) is 14.1. The van der Waals surface area contributed by atoms with Gasteiger partial charge in [0.15, 0.2) is 11.5 Å². The van der Waals surface area contributed by atoms with Gasteiger partial charge in [0, 0.05) is 57.6 Å². The number of nitrogens with zero attached hydrogens (tertiary/aromatic N) is 6. The highest BCUT2D eigenvalue weighted by atomic mass is 16.5. The number of fused-ring (bicyclic) bond motifs is 2. The van der Waals surface area contributed by atoms with Crippen LogP contribution in [0.4, 0.5) is 5.69 Å². The number of anilines is 1. The van der Waals surface area contributed by atoms with Crippen LogP contribution in [0.15, 0.2) is 35.4 Å². The van der Waals surface area contributed by atoms with Crippen molar-refractivity contribution in [2.24, 2.45) is 7.05 Å². The van der Waals surface area contributed by atoms with Gasteiger partial charge in [-0.05, 0) is 12.1 Å². The molecule has 2 aliphatic heterocycles. The molecule has 0 atom stereocenters. The molecule has 9 nitrogen and oxygen atoms in total. The number of carbonyl (C=O) groups excluding carboxylic acids is 1. The Morgan fingerprint density at radius 1 is 1.17 bits per heavy atom. The smallest absolute Gasteiger partial charge is 0.274 e. The van der Waals surface area contributed by atoms with Crippen LogP contribution in [0.3, 0.4) is 0 Å². The van der Waals surface area contributed by atoms with Crippen molar-refractivity contribution < 1.29 is 9.53 Å². The number of aryl methyl sites for hydroxylation is 1. The van der Waals surface area contributed by atoms with Gasteiger partial charge in [0.1, 0.15) is 5.69 Å². The van der Waals surface area contributed by atoms with E-state index in [2.05, 4.69) is 10.1 Å². The average Bonchev–Trinajstić information content (AvgIpc) is 3.29. The van der Waals surface area contributed by atoms with Gasteiger partial charge in [-0.1, -0.05) is 6.07 Å². The zero-order valence-corrected chi connectivity index (χ0v) is 16.2. The van der Waals surface area contributed by atoms with Crippen molar-refractivity contribution in [3.63, 3.8) is 0 Å². The van der Waals surface area contributed by atoms with Gasteiger partial charge in [0.2, 0.25) is 0 Å². The third-order valence-electron chi connectivity index (χ3n) is 5.51. The van der Waals surface area contributed by atoms with E-state index in [9.17, 15) is 9.59 Å². The number of amides is 1. The Morgan fingerprint density at radius 3 is 2.79 bits per heavy atom. The van der Waals surface area contributed by atoms with Gasteiger partial charge < -0.3 is 19.1 Å². The highest BCUT2D eigenvalue weighted by Gasteiger charge is 2.34. The molecule has 0 unspecified atom stereocenters. The van der Waals surface area contributed by atoms with Crippen molar-refractivity contribution in [1.29, 1.82) is 0 Å². The molecule has 1 saturated heterocycles. The lowest BCUT2D eigenvalue weighted by Crippen LogP contribution is -2.41. The molecule has 0 aromatic carbocycles. The Kier molecular flexibility index (Phi) is 4.31. The fraction of sp³-hybridized carbons (Fsp3) is 0.400. The summed E-state index contributed by atoms with van der Waals surface area (Å²) in [5.74, 6) is 0.603. The van der Waals surface area contributed by atoms with E-state index in [0.717, 1.165) is 11.2 Å². The van der Waals surface area contributed by atoms with Crippen LogP contribution in [-0.4, -0.2) is 62.8 Å². The van der Waals surface area contributed by atoms with Crippen LogP contribution in [-0.2, 0) is 24.8 Å². The number of carbonyl (C=O) groups is 1. The molecule has 3 aromatic heterocycles. The topological polar surface area (TPSA) is 85.0 Å². The molecule has 0 radical (unpaired) electrons. The molecule has 1 amide bonds.